The molecule has 3 rings (SSSR count). The molecule has 168 valence electrons. The maximum absolute atomic E-state index is 12.8. The number of aromatic hydroxyl groups is 1. The van der Waals surface area contributed by atoms with E-state index in [1.807, 2.05) is 13.8 Å². The Balaban J connectivity index is 1.84. The van der Waals surface area contributed by atoms with Gasteiger partial charge in [-0.05, 0) is 69.4 Å². The smallest absolute Gasteiger partial charge is 0.267 e. The number of nitrogens with zero attached hydrogens (tertiary/aromatic N) is 3. The zero-order valence-corrected chi connectivity index (χ0v) is 19.6. The number of hydrazone groups is 1. The number of aromatic nitrogens is 2. The summed E-state index contributed by atoms with van der Waals surface area (Å²) < 4.78 is 28.6. The van der Waals surface area contributed by atoms with Gasteiger partial charge in [0.15, 0.2) is 4.77 Å². The lowest BCUT2D eigenvalue weighted by molar-refractivity contribution is 0.399. The summed E-state index contributed by atoms with van der Waals surface area (Å²) in [5.41, 5.74) is 3.80. The van der Waals surface area contributed by atoms with E-state index in [0.29, 0.717) is 18.8 Å². The van der Waals surface area contributed by atoms with E-state index in [4.69, 9.17) is 12.2 Å². The van der Waals surface area contributed by atoms with Crippen LogP contribution in [-0.2, 0) is 22.9 Å². The summed E-state index contributed by atoms with van der Waals surface area (Å²) in [5, 5.41) is 14.4. The fraction of sp³-hybridized carbons (Fsp3) is 0.227. The van der Waals surface area contributed by atoms with E-state index in [0.717, 1.165) is 5.56 Å². The van der Waals surface area contributed by atoms with Crippen molar-refractivity contribution in [3.63, 3.8) is 0 Å². The summed E-state index contributed by atoms with van der Waals surface area (Å²) in [6.07, 6.45) is 1.22. The van der Waals surface area contributed by atoms with Gasteiger partial charge in [0.05, 0.1) is 21.7 Å². The third kappa shape index (κ3) is 4.51. The SMILES string of the molecule is CCn1c(O)c(/C=N\Nc2ccc(S(=O)(=O)c3ccc(C)cc3)cc2)c(=O)n(CC)c1=S. The van der Waals surface area contributed by atoms with Crippen LogP contribution in [0.3, 0.4) is 0 Å². The summed E-state index contributed by atoms with van der Waals surface area (Å²) in [6, 6.07) is 12.8. The highest BCUT2D eigenvalue weighted by molar-refractivity contribution is 7.91. The van der Waals surface area contributed by atoms with Crippen LogP contribution in [0.25, 0.3) is 0 Å². The normalized spacial score (nSPS) is 11.7. The van der Waals surface area contributed by atoms with Crippen molar-refractivity contribution in [2.75, 3.05) is 5.43 Å². The Bertz CT molecular complexity index is 1370. The van der Waals surface area contributed by atoms with Gasteiger partial charge >= 0.3 is 0 Å². The second-order valence-electron chi connectivity index (χ2n) is 7.02. The first-order valence-corrected chi connectivity index (χ1v) is 11.9. The molecule has 0 aliphatic rings. The molecule has 0 aliphatic heterocycles. The monoisotopic (exact) mass is 472 g/mol. The second kappa shape index (κ2) is 9.49. The Morgan fingerprint density at radius 1 is 1.00 bits per heavy atom. The minimum absolute atomic E-state index is 0.00775. The topological polar surface area (TPSA) is 106 Å². The van der Waals surface area contributed by atoms with Crippen LogP contribution >= 0.6 is 12.2 Å². The van der Waals surface area contributed by atoms with Crippen LogP contribution in [0.5, 0.6) is 5.88 Å². The van der Waals surface area contributed by atoms with Crippen LogP contribution in [0.1, 0.15) is 25.0 Å². The molecule has 3 aromatic rings. The van der Waals surface area contributed by atoms with E-state index in [-0.39, 0.29) is 26.0 Å². The lowest BCUT2D eigenvalue weighted by atomic mass is 10.2. The maximum Gasteiger partial charge on any atom is 0.267 e. The van der Waals surface area contributed by atoms with Crippen LogP contribution in [-0.4, -0.2) is 28.9 Å². The minimum atomic E-state index is -3.62. The Morgan fingerprint density at radius 3 is 2.06 bits per heavy atom. The van der Waals surface area contributed by atoms with Gasteiger partial charge in [-0.15, -0.1) is 0 Å². The number of sulfone groups is 1. The van der Waals surface area contributed by atoms with Gasteiger partial charge in [-0.1, -0.05) is 17.7 Å². The molecule has 0 bridgehead atoms. The molecule has 2 N–H and O–H groups in total. The number of rotatable bonds is 7. The highest BCUT2D eigenvalue weighted by Gasteiger charge is 2.17. The van der Waals surface area contributed by atoms with E-state index in [9.17, 15) is 18.3 Å². The summed E-state index contributed by atoms with van der Waals surface area (Å²) in [4.78, 5) is 13.0. The molecule has 0 spiro atoms. The Kier molecular flexibility index (Phi) is 6.95. The van der Waals surface area contributed by atoms with Crippen molar-refractivity contribution in [1.29, 1.82) is 0 Å². The van der Waals surface area contributed by atoms with Crippen molar-refractivity contribution in [3.8, 4) is 5.88 Å². The average Bonchev–Trinajstić information content (AvgIpc) is 2.77. The molecule has 32 heavy (non-hydrogen) atoms. The molecule has 0 radical (unpaired) electrons. The fourth-order valence-electron chi connectivity index (χ4n) is 3.12. The van der Waals surface area contributed by atoms with Crippen molar-refractivity contribution < 1.29 is 13.5 Å². The van der Waals surface area contributed by atoms with E-state index >= 15 is 0 Å². The second-order valence-corrected chi connectivity index (χ2v) is 9.34. The van der Waals surface area contributed by atoms with Gasteiger partial charge in [0.1, 0.15) is 5.56 Å². The third-order valence-electron chi connectivity index (χ3n) is 4.95. The van der Waals surface area contributed by atoms with Gasteiger partial charge in [-0.2, -0.15) is 5.10 Å². The van der Waals surface area contributed by atoms with E-state index in [1.54, 1.807) is 43.3 Å². The van der Waals surface area contributed by atoms with Gasteiger partial charge in [0.2, 0.25) is 15.7 Å². The van der Waals surface area contributed by atoms with Gasteiger partial charge in [-0.3, -0.25) is 19.4 Å². The quantitative estimate of drug-likeness (QED) is 0.309. The zero-order chi connectivity index (χ0) is 23.5. The number of hydrogen-bond acceptors (Lipinski definition) is 7. The number of benzene rings is 2. The molecule has 10 heteroatoms. The molecular weight excluding hydrogens is 448 g/mol. The highest BCUT2D eigenvalue weighted by atomic mass is 32.2. The molecule has 0 aliphatic carbocycles. The molecule has 1 heterocycles. The number of nitrogens with one attached hydrogen (secondary N) is 1. The molecule has 0 amide bonds. The molecule has 0 saturated heterocycles. The number of hydrogen-bond donors (Lipinski definition) is 2. The molecule has 0 saturated carbocycles. The van der Waals surface area contributed by atoms with Gasteiger partial charge in [0, 0.05) is 13.1 Å². The van der Waals surface area contributed by atoms with E-state index in [2.05, 4.69) is 10.5 Å². The first kappa shape index (κ1) is 23.4. The average molecular weight is 473 g/mol. The molecule has 8 nitrogen and oxygen atoms in total. The van der Waals surface area contributed by atoms with Crippen LogP contribution in [0.15, 0.2) is 68.2 Å². The molecule has 1 aromatic heterocycles. The van der Waals surface area contributed by atoms with Gasteiger partial charge < -0.3 is 5.11 Å². The van der Waals surface area contributed by atoms with Crippen molar-refractivity contribution in [1.82, 2.24) is 9.13 Å². The standard InChI is InChI=1S/C22H24N4O4S2/c1-4-25-20(27)19(21(28)26(5-2)22(25)31)14-23-24-16-8-12-18(13-9-16)32(29,30)17-10-6-15(3)7-11-17/h6-14,24,27H,4-5H2,1-3H3/b23-14-. The Labute approximate surface area is 191 Å². The maximum atomic E-state index is 12.8. The molecule has 0 fully saturated rings. The summed E-state index contributed by atoms with van der Waals surface area (Å²) >= 11 is 5.25. The van der Waals surface area contributed by atoms with E-state index < -0.39 is 15.4 Å². The van der Waals surface area contributed by atoms with E-state index in [1.165, 1.54) is 27.5 Å². The summed E-state index contributed by atoms with van der Waals surface area (Å²) in [6.45, 7) is 6.26. The molecule has 2 aromatic carbocycles. The van der Waals surface area contributed by atoms with Crippen molar-refractivity contribution in [2.24, 2.45) is 5.10 Å². The third-order valence-corrected chi connectivity index (χ3v) is 7.18. The first-order chi connectivity index (χ1) is 15.2. The van der Waals surface area contributed by atoms with Gasteiger partial charge in [-0.25, -0.2) is 8.42 Å². The van der Waals surface area contributed by atoms with Crippen LogP contribution in [0.2, 0.25) is 0 Å². The van der Waals surface area contributed by atoms with Crippen LogP contribution < -0.4 is 11.0 Å². The lowest BCUT2D eigenvalue weighted by Crippen LogP contribution is -2.28. The highest BCUT2D eigenvalue weighted by Crippen LogP contribution is 2.22. The number of aryl methyl sites for hydroxylation is 1. The molecular formula is C22H24N4O4S2. The van der Waals surface area contributed by atoms with Crippen molar-refractivity contribution in [3.05, 3.63) is 74.8 Å². The Hall–Kier alpha value is -3.24. The first-order valence-electron chi connectivity index (χ1n) is 9.98. The largest absolute Gasteiger partial charge is 0.494 e. The predicted molar refractivity (Wildman–Crippen MR) is 127 cm³/mol. The van der Waals surface area contributed by atoms with Crippen molar-refractivity contribution in [2.45, 2.75) is 43.7 Å². The lowest BCUT2D eigenvalue weighted by Gasteiger charge is -2.13. The van der Waals surface area contributed by atoms with Crippen molar-refractivity contribution >= 4 is 34.0 Å². The minimum Gasteiger partial charge on any atom is -0.494 e. The number of anilines is 1. The molecule has 0 unspecified atom stereocenters. The summed E-state index contributed by atoms with van der Waals surface area (Å²) in [7, 11) is -3.62. The summed E-state index contributed by atoms with van der Waals surface area (Å²) in [5.74, 6) is -0.253. The zero-order valence-electron chi connectivity index (χ0n) is 17.9. The Morgan fingerprint density at radius 2 is 1.53 bits per heavy atom. The van der Waals surface area contributed by atoms with Crippen LogP contribution in [0.4, 0.5) is 5.69 Å². The molecule has 0 atom stereocenters. The predicted octanol–water partition coefficient (Wildman–Crippen LogP) is 3.71. The fourth-order valence-corrected chi connectivity index (χ4v) is 4.81. The van der Waals surface area contributed by atoms with Crippen LogP contribution in [0, 0.1) is 11.7 Å². The van der Waals surface area contributed by atoms with Gasteiger partial charge in [0.25, 0.3) is 5.56 Å².